The predicted molar refractivity (Wildman–Crippen MR) is 84.0 cm³/mol. The molecule has 0 bridgehead atoms. The number of ether oxygens (including phenoxy) is 2. The van der Waals surface area contributed by atoms with Gasteiger partial charge in [-0.3, -0.25) is 4.79 Å². The molecular weight excluding hydrogens is 304 g/mol. The molecule has 3 atom stereocenters. The first kappa shape index (κ1) is 16.5. The van der Waals surface area contributed by atoms with Gasteiger partial charge in [-0.05, 0) is 31.6 Å². The van der Waals surface area contributed by atoms with E-state index in [0.717, 1.165) is 44.9 Å². The maximum absolute atomic E-state index is 12.5. The first-order valence-electron chi connectivity index (χ1n) is 8.79. The van der Waals surface area contributed by atoms with Crippen molar-refractivity contribution in [2.24, 2.45) is 11.3 Å². The van der Waals surface area contributed by atoms with Gasteiger partial charge in [-0.2, -0.15) is 0 Å². The van der Waals surface area contributed by atoms with Gasteiger partial charge in [-0.25, -0.2) is 0 Å². The number of aliphatic carboxylic acids is 1. The molecule has 1 heterocycles. The molecule has 1 saturated heterocycles. The Hall–Kier alpha value is -0.320. The van der Waals surface area contributed by atoms with Gasteiger partial charge in [0.25, 0.3) is 0 Å². The van der Waals surface area contributed by atoms with Crippen molar-refractivity contribution in [1.29, 1.82) is 0 Å². The first-order chi connectivity index (χ1) is 10.6. The largest absolute Gasteiger partial charge is 0.481 e. The average Bonchev–Trinajstić information content (AvgIpc) is 2.84. The predicted octanol–water partition coefficient (Wildman–Crippen LogP) is 3.95. The maximum atomic E-state index is 12.5. The second-order valence-corrected chi connectivity index (χ2v) is 7.63. The molecule has 5 heteroatoms. The van der Waals surface area contributed by atoms with Gasteiger partial charge < -0.3 is 14.6 Å². The summed E-state index contributed by atoms with van der Waals surface area (Å²) in [4.78, 5) is 12.5. The summed E-state index contributed by atoms with van der Waals surface area (Å²) >= 11 is 6.96. The van der Waals surface area contributed by atoms with Gasteiger partial charge in [0.1, 0.15) is 11.5 Å². The van der Waals surface area contributed by atoms with Gasteiger partial charge in [0, 0.05) is 0 Å². The summed E-state index contributed by atoms with van der Waals surface area (Å²) in [6.45, 7) is 0.904. The van der Waals surface area contributed by atoms with Crippen LogP contribution in [0.5, 0.6) is 0 Å². The van der Waals surface area contributed by atoms with E-state index in [1.54, 1.807) is 0 Å². The number of hydrogen-bond acceptors (Lipinski definition) is 3. The molecule has 3 unspecified atom stereocenters. The van der Waals surface area contributed by atoms with Crippen molar-refractivity contribution in [2.45, 2.75) is 75.4 Å². The van der Waals surface area contributed by atoms with Crippen LogP contribution < -0.4 is 0 Å². The number of carboxylic acid groups (broad SMARTS) is 1. The van der Waals surface area contributed by atoms with Crippen molar-refractivity contribution >= 4 is 17.6 Å². The Morgan fingerprint density at radius 3 is 2.36 bits per heavy atom. The van der Waals surface area contributed by atoms with Crippen LogP contribution in [0.25, 0.3) is 0 Å². The quantitative estimate of drug-likeness (QED) is 0.615. The smallest absolute Gasteiger partial charge is 0.314 e. The van der Waals surface area contributed by atoms with Gasteiger partial charge in [0.15, 0.2) is 5.06 Å². The highest BCUT2D eigenvalue weighted by Gasteiger charge is 2.65. The second-order valence-electron chi connectivity index (χ2n) is 7.06. The van der Waals surface area contributed by atoms with Crippen molar-refractivity contribution in [3.05, 3.63) is 0 Å². The molecule has 1 aliphatic heterocycles. The molecule has 4 nitrogen and oxygen atoms in total. The standard InChI is InChI=1S/C17H27ClO4/c18-17-14(21-11-12-22-17)9-5-6-10-16(17,15(19)20)13-7-3-1-2-4-8-13/h13-14H,1-12H2,(H,19,20). The lowest BCUT2D eigenvalue weighted by molar-refractivity contribution is -0.229. The number of halogens is 1. The second kappa shape index (κ2) is 6.66. The molecule has 3 aliphatic rings. The van der Waals surface area contributed by atoms with E-state index in [2.05, 4.69) is 0 Å². The zero-order chi connectivity index (χ0) is 15.6. The van der Waals surface area contributed by atoms with E-state index in [-0.39, 0.29) is 12.0 Å². The highest BCUT2D eigenvalue weighted by Crippen LogP contribution is 2.57. The Morgan fingerprint density at radius 2 is 1.68 bits per heavy atom. The summed E-state index contributed by atoms with van der Waals surface area (Å²) in [5, 5.41) is 9.04. The van der Waals surface area contributed by atoms with Crippen LogP contribution in [0.2, 0.25) is 0 Å². The summed E-state index contributed by atoms with van der Waals surface area (Å²) < 4.78 is 11.9. The third kappa shape index (κ3) is 2.57. The van der Waals surface area contributed by atoms with Crippen LogP contribution in [-0.2, 0) is 14.3 Å². The van der Waals surface area contributed by atoms with E-state index < -0.39 is 16.4 Å². The number of alkyl halides is 1. The minimum absolute atomic E-state index is 0.0901. The van der Waals surface area contributed by atoms with Crippen LogP contribution in [0.1, 0.15) is 64.2 Å². The fraction of sp³-hybridized carbons (Fsp3) is 0.941. The van der Waals surface area contributed by atoms with Crippen LogP contribution in [0.15, 0.2) is 0 Å². The Morgan fingerprint density at radius 1 is 1.00 bits per heavy atom. The van der Waals surface area contributed by atoms with Crippen LogP contribution >= 0.6 is 11.6 Å². The average molecular weight is 331 g/mol. The summed E-state index contributed by atoms with van der Waals surface area (Å²) in [7, 11) is 0. The van der Waals surface area contributed by atoms with Crippen molar-refractivity contribution in [3.63, 3.8) is 0 Å². The lowest BCUT2D eigenvalue weighted by Crippen LogP contribution is -2.63. The molecule has 0 aromatic heterocycles. The van der Waals surface area contributed by atoms with Gasteiger partial charge in [0.05, 0.1) is 13.2 Å². The Bertz CT molecular complexity index is 407. The van der Waals surface area contributed by atoms with Crippen molar-refractivity contribution in [1.82, 2.24) is 0 Å². The maximum Gasteiger partial charge on any atom is 0.314 e. The van der Waals surface area contributed by atoms with E-state index in [0.29, 0.717) is 19.6 Å². The van der Waals surface area contributed by atoms with Gasteiger partial charge >= 0.3 is 5.97 Å². The van der Waals surface area contributed by atoms with E-state index >= 15 is 0 Å². The number of carbonyl (C=O) groups is 1. The topological polar surface area (TPSA) is 55.8 Å². The number of carboxylic acids is 1. The minimum Gasteiger partial charge on any atom is -0.481 e. The molecule has 126 valence electrons. The third-order valence-corrected chi connectivity index (χ3v) is 6.65. The number of fused-ring (bicyclic) bond motifs is 1. The van der Waals surface area contributed by atoms with E-state index in [1.165, 1.54) is 12.8 Å². The summed E-state index contributed by atoms with van der Waals surface area (Å²) in [5.41, 5.74) is -1.01. The molecule has 3 rings (SSSR count). The summed E-state index contributed by atoms with van der Waals surface area (Å²) in [5.74, 6) is -0.695. The lowest BCUT2D eigenvalue weighted by Gasteiger charge is -2.51. The summed E-state index contributed by atoms with van der Waals surface area (Å²) in [6.07, 6.45) is 9.42. The zero-order valence-corrected chi connectivity index (χ0v) is 13.9. The third-order valence-electron chi connectivity index (χ3n) is 5.96. The Kier molecular flexibility index (Phi) is 5.01. The molecule has 0 radical (unpaired) electrons. The fourth-order valence-electron chi connectivity index (χ4n) is 4.85. The monoisotopic (exact) mass is 330 g/mol. The molecule has 22 heavy (non-hydrogen) atoms. The molecule has 3 fully saturated rings. The molecular formula is C17H27ClO4. The summed E-state index contributed by atoms with van der Waals surface area (Å²) in [6, 6.07) is 0. The lowest BCUT2D eigenvalue weighted by atomic mass is 9.64. The molecule has 0 aromatic rings. The van der Waals surface area contributed by atoms with Crippen molar-refractivity contribution < 1.29 is 19.4 Å². The highest BCUT2D eigenvalue weighted by atomic mass is 35.5. The Balaban J connectivity index is 2.02. The molecule has 2 aliphatic carbocycles. The number of hydrogen-bond donors (Lipinski definition) is 1. The molecule has 0 aromatic carbocycles. The SMILES string of the molecule is O=C(O)C1(C2CCCCCC2)CCCCC2OCCOC21Cl. The van der Waals surface area contributed by atoms with Crippen LogP contribution in [-0.4, -0.2) is 35.5 Å². The molecule has 0 spiro atoms. The Labute approximate surface area is 137 Å². The molecule has 1 N–H and O–H groups in total. The first-order valence-corrected chi connectivity index (χ1v) is 9.17. The van der Waals surface area contributed by atoms with E-state index in [4.69, 9.17) is 21.1 Å². The fourth-order valence-corrected chi connectivity index (χ4v) is 5.43. The number of rotatable bonds is 2. The normalized spacial score (nSPS) is 41.2. The van der Waals surface area contributed by atoms with Gasteiger partial charge in [-0.15, -0.1) is 0 Å². The van der Waals surface area contributed by atoms with Crippen LogP contribution in [0, 0.1) is 11.3 Å². The highest BCUT2D eigenvalue weighted by molar-refractivity contribution is 6.25. The van der Waals surface area contributed by atoms with Gasteiger partial charge in [0.2, 0.25) is 0 Å². The van der Waals surface area contributed by atoms with Gasteiger partial charge in [-0.1, -0.05) is 50.1 Å². The van der Waals surface area contributed by atoms with Crippen molar-refractivity contribution in [2.75, 3.05) is 13.2 Å². The van der Waals surface area contributed by atoms with Crippen molar-refractivity contribution in [3.8, 4) is 0 Å². The zero-order valence-electron chi connectivity index (χ0n) is 13.2. The molecule has 2 saturated carbocycles. The van der Waals surface area contributed by atoms with Crippen LogP contribution in [0.3, 0.4) is 0 Å². The molecule has 0 amide bonds. The van der Waals surface area contributed by atoms with Crippen LogP contribution in [0.4, 0.5) is 0 Å². The van der Waals surface area contributed by atoms with E-state index in [1.807, 2.05) is 0 Å². The minimum atomic E-state index is -1.21. The van der Waals surface area contributed by atoms with E-state index in [9.17, 15) is 9.90 Å².